The van der Waals surface area contributed by atoms with Gasteiger partial charge < -0.3 is 20.9 Å². The number of unbranched alkanes of at least 4 members (excludes halogenated alkanes) is 9. The number of hydrogen-bond acceptors (Lipinski definition) is 4. The van der Waals surface area contributed by atoms with Crippen molar-refractivity contribution in [3.05, 3.63) is 106 Å². The standard InChI is InChI=1S/C46H62N2O2/c1-6-7-8-9-10-11-12-13-14-15-17-37-18-16-27-46(32-37,38-28-33(2)44(34(3)29-38)49-42-23-19-40(47)20-24-42)39-30-35(4)45(36(5)31-39)50-43-25-21-41(48)22-26-43/h19-26,28-31,37H,6-18,27,32,47-48H2,1-5H3. The second kappa shape index (κ2) is 17.8. The molecule has 1 atom stereocenters. The molecule has 5 rings (SSSR count). The molecule has 1 unspecified atom stereocenters. The van der Waals surface area contributed by atoms with Crippen molar-refractivity contribution in [2.45, 2.75) is 136 Å². The Morgan fingerprint density at radius 2 is 0.980 bits per heavy atom. The summed E-state index contributed by atoms with van der Waals surface area (Å²) in [5.41, 5.74) is 20.8. The number of benzene rings is 4. The Balaban J connectivity index is 1.39. The summed E-state index contributed by atoms with van der Waals surface area (Å²) in [6, 6.07) is 25.0. The molecule has 0 radical (unpaired) electrons. The van der Waals surface area contributed by atoms with Gasteiger partial charge in [0.1, 0.15) is 23.0 Å². The van der Waals surface area contributed by atoms with E-state index in [0.717, 1.165) is 46.7 Å². The fraction of sp³-hybridized carbons (Fsp3) is 0.478. The van der Waals surface area contributed by atoms with E-state index in [2.05, 4.69) is 58.9 Å². The summed E-state index contributed by atoms with van der Waals surface area (Å²) in [4.78, 5) is 0. The molecule has 4 N–H and O–H groups in total. The van der Waals surface area contributed by atoms with Crippen molar-refractivity contribution in [3.63, 3.8) is 0 Å². The molecule has 1 saturated carbocycles. The van der Waals surface area contributed by atoms with Gasteiger partial charge in [0.05, 0.1) is 0 Å². The molecular formula is C46H62N2O2. The van der Waals surface area contributed by atoms with Crippen LogP contribution in [0.25, 0.3) is 0 Å². The molecule has 0 bridgehead atoms. The minimum absolute atomic E-state index is 0.0636. The number of nitrogen functional groups attached to an aromatic ring is 2. The molecule has 4 aromatic rings. The van der Waals surface area contributed by atoms with Gasteiger partial charge in [0.15, 0.2) is 0 Å². The average Bonchev–Trinajstić information content (AvgIpc) is 3.10. The van der Waals surface area contributed by atoms with Gasteiger partial charge >= 0.3 is 0 Å². The topological polar surface area (TPSA) is 70.5 Å². The summed E-state index contributed by atoms with van der Waals surface area (Å²) in [6.45, 7) is 11.1. The van der Waals surface area contributed by atoms with Gasteiger partial charge in [-0.25, -0.2) is 0 Å². The fourth-order valence-electron chi connectivity index (χ4n) is 8.33. The second-order valence-corrected chi connectivity index (χ2v) is 15.2. The maximum Gasteiger partial charge on any atom is 0.133 e. The third-order valence-corrected chi connectivity index (χ3v) is 11.0. The molecule has 1 fully saturated rings. The maximum atomic E-state index is 6.45. The number of hydrogen-bond donors (Lipinski definition) is 2. The highest BCUT2D eigenvalue weighted by Crippen LogP contribution is 2.51. The minimum Gasteiger partial charge on any atom is -0.457 e. The van der Waals surface area contributed by atoms with Gasteiger partial charge in [-0.2, -0.15) is 0 Å². The van der Waals surface area contributed by atoms with Crippen molar-refractivity contribution in [3.8, 4) is 23.0 Å². The Hall–Kier alpha value is -3.92. The van der Waals surface area contributed by atoms with Crippen molar-refractivity contribution in [1.29, 1.82) is 0 Å². The first-order valence-corrected chi connectivity index (χ1v) is 19.5. The van der Waals surface area contributed by atoms with Crippen LogP contribution in [0.2, 0.25) is 0 Å². The van der Waals surface area contributed by atoms with Crippen LogP contribution >= 0.6 is 0 Å². The SMILES string of the molecule is CCCCCCCCCCCCC1CCCC(c2cc(C)c(Oc3ccc(N)cc3)c(C)c2)(c2cc(C)c(Oc3ccc(N)cc3)c(C)c2)C1. The molecule has 0 aliphatic heterocycles. The van der Waals surface area contributed by atoms with Crippen LogP contribution in [-0.4, -0.2) is 0 Å². The summed E-state index contributed by atoms with van der Waals surface area (Å²) in [5.74, 6) is 4.21. The molecule has 4 nitrogen and oxygen atoms in total. The first kappa shape index (κ1) is 37.3. The predicted molar refractivity (Wildman–Crippen MR) is 213 cm³/mol. The molecule has 4 heteroatoms. The van der Waals surface area contributed by atoms with Crippen molar-refractivity contribution in [2.24, 2.45) is 5.92 Å². The van der Waals surface area contributed by atoms with Gasteiger partial charge in [-0.05, 0) is 128 Å². The monoisotopic (exact) mass is 674 g/mol. The van der Waals surface area contributed by atoms with E-state index in [0.29, 0.717) is 0 Å². The van der Waals surface area contributed by atoms with Crippen LogP contribution < -0.4 is 20.9 Å². The number of nitrogens with two attached hydrogens (primary N) is 2. The number of rotatable bonds is 17. The zero-order valence-corrected chi connectivity index (χ0v) is 31.6. The summed E-state index contributed by atoms with van der Waals surface area (Å²) in [6.07, 6.45) is 20.1. The average molecular weight is 675 g/mol. The van der Waals surface area contributed by atoms with Gasteiger partial charge in [0.25, 0.3) is 0 Å². The van der Waals surface area contributed by atoms with E-state index < -0.39 is 0 Å². The summed E-state index contributed by atoms with van der Waals surface area (Å²) in [7, 11) is 0. The minimum atomic E-state index is -0.0636. The highest BCUT2D eigenvalue weighted by atomic mass is 16.5. The van der Waals surface area contributed by atoms with Crippen LogP contribution in [-0.2, 0) is 5.41 Å². The molecule has 0 aromatic heterocycles. The lowest BCUT2D eigenvalue weighted by Gasteiger charge is -2.43. The molecule has 1 aliphatic rings. The molecule has 268 valence electrons. The van der Waals surface area contributed by atoms with Gasteiger partial charge in [-0.15, -0.1) is 0 Å². The highest BCUT2D eigenvalue weighted by Gasteiger charge is 2.40. The molecule has 4 aromatic carbocycles. The van der Waals surface area contributed by atoms with Crippen LogP contribution in [0.5, 0.6) is 23.0 Å². The van der Waals surface area contributed by atoms with E-state index in [1.165, 1.54) is 123 Å². The van der Waals surface area contributed by atoms with Crippen LogP contribution in [0.15, 0.2) is 72.8 Å². The Bertz CT molecular complexity index is 1510. The van der Waals surface area contributed by atoms with Crippen LogP contribution in [0.1, 0.15) is 137 Å². The first-order chi connectivity index (χ1) is 24.2. The maximum absolute atomic E-state index is 6.45. The molecule has 1 aliphatic carbocycles. The van der Waals surface area contributed by atoms with E-state index in [1.54, 1.807) is 0 Å². The Kier molecular flexibility index (Phi) is 13.3. The van der Waals surface area contributed by atoms with Crippen molar-refractivity contribution in [1.82, 2.24) is 0 Å². The van der Waals surface area contributed by atoms with Gasteiger partial charge in [0.2, 0.25) is 0 Å². The Morgan fingerprint density at radius 1 is 0.580 bits per heavy atom. The quantitative estimate of drug-likeness (QED) is 0.0864. The van der Waals surface area contributed by atoms with E-state index in [4.69, 9.17) is 20.9 Å². The number of ether oxygens (including phenoxy) is 2. The lowest BCUT2D eigenvalue weighted by molar-refractivity contribution is 0.240. The van der Waals surface area contributed by atoms with Crippen molar-refractivity contribution >= 4 is 11.4 Å². The Morgan fingerprint density at radius 3 is 1.40 bits per heavy atom. The number of aryl methyl sites for hydroxylation is 4. The fourth-order valence-corrected chi connectivity index (χ4v) is 8.33. The van der Waals surface area contributed by atoms with E-state index in [9.17, 15) is 0 Å². The summed E-state index contributed by atoms with van der Waals surface area (Å²) < 4.78 is 12.9. The summed E-state index contributed by atoms with van der Waals surface area (Å²) in [5, 5.41) is 0. The van der Waals surface area contributed by atoms with Crippen LogP contribution in [0, 0.1) is 33.6 Å². The zero-order chi connectivity index (χ0) is 35.5. The van der Waals surface area contributed by atoms with Gasteiger partial charge in [0, 0.05) is 16.8 Å². The van der Waals surface area contributed by atoms with Crippen molar-refractivity contribution in [2.75, 3.05) is 11.5 Å². The second-order valence-electron chi connectivity index (χ2n) is 15.2. The van der Waals surface area contributed by atoms with Crippen molar-refractivity contribution < 1.29 is 9.47 Å². The predicted octanol–water partition coefficient (Wildman–Crippen LogP) is 13.5. The molecule has 0 heterocycles. The van der Waals surface area contributed by atoms with Crippen LogP contribution in [0.3, 0.4) is 0 Å². The molecular weight excluding hydrogens is 613 g/mol. The van der Waals surface area contributed by atoms with Gasteiger partial charge in [-0.1, -0.05) is 115 Å². The molecule has 0 amide bonds. The lowest BCUT2D eigenvalue weighted by Crippen LogP contribution is -2.35. The lowest BCUT2D eigenvalue weighted by atomic mass is 9.61. The largest absolute Gasteiger partial charge is 0.457 e. The molecule has 0 saturated heterocycles. The molecule has 0 spiro atoms. The van der Waals surface area contributed by atoms with E-state index in [1.807, 2.05) is 48.5 Å². The Labute approximate surface area is 303 Å². The third-order valence-electron chi connectivity index (χ3n) is 11.0. The first-order valence-electron chi connectivity index (χ1n) is 19.5. The molecule has 50 heavy (non-hydrogen) atoms. The third kappa shape index (κ3) is 9.65. The smallest absolute Gasteiger partial charge is 0.133 e. The zero-order valence-electron chi connectivity index (χ0n) is 31.6. The normalized spacial score (nSPS) is 15.6. The summed E-state index contributed by atoms with van der Waals surface area (Å²) >= 11 is 0. The van der Waals surface area contributed by atoms with Crippen LogP contribution in [0.4, 0.5) is 11.4 Å². The number of anilines is 2. The highest BCUT2D eigenvalue weighted by molar-refractivity contribution is 5.55. The van der Waals surface area contributed by atoms with Gasteiger partial charge in [-0.3, -0.25) is 0 Å². The van der Waals surface area contributed by atoms with E-state index in [-0.39, 0.29) is 5.41 Å². The van der Waals surface area contributed by atoms with E-state index >= 15 is 0 Å².